The maximum Gasteiger partial charge on any atom is 0.154 e. The van der Waals surface area contributed by atoms with Crippen molar-refractivity contribution in [2.24, 2.45) is 0 Å². The van der Waals surface area contributed by atoms with Gasteiger partial charge in [0.1, 0.15) is 17.7 Å². The first-order chi connectivity index (χ1) is 8.58. The molecule has 1 aromatic carbocycles. The van der Waals surface area contributed by atoms with Crippen molar-refractivity contribution in [3.63, 3.8) is 0 Å². The van der Waals surface area contributed by atoms with Crippen LogP contribution >= 0.6 is 15.9 Å². The number of rotatable bonds is 2. The zero-order valence-electron chi connectivity index (χ0n) is 9.12. The highest BCUT2D eigenvalue weighted by Gasteiger charge is 2.05. The van der Waals surface area contributed by atoms with E-state index >= 15 is 0 Å². The lowest BCUT2D eigenvalue weighted by molar-refractivity contribution is 0.580. The van der Waals surface area contributed by atoms with Gasteiger partial charge in [0.25, 0.3) is 0 Å². The van der Waals surface area contributed by atoms with Crippen LogP contribution in [0.4, 0.5) is 8.78 Å². The molecule has 18 heavy (non-hydrogen) atoms. The molecule has 0 aliphatic carbocycles. The molecule has 0 amide bonds. The fraction of sp³-hybridized carbons (Fsp3) is 0.0769. The molecular formula is C13H7BrF2N2. The van der Waals surface area contributed by atoms with Crippen LogP contribution in [-0.4, -0.2) is 4.98 Å². The van der Waals surface area contributed by atoms with Crippen LogP contribution in [0, 0.1) is 23.0 Å². The van der Waals surface area contributed by atoms with Crippen LogP contribution in [0.3, 0.4) is 0 Å². The summed E-state index contributed by atoms with van der Waals surface area (Å²) in [6.07, 6.45) is 1.87. The molecule has 0 saturated heterocycles. The fourth-order valence-electron chi connectivity index (χ4n) is 1.61. The third kappa shape index (κ3) is 2.90. The molecule has 1 heterocycles. The monoisotopic (exact) mass is 308 g/mol. The maximum atomic E-state index is 13.0. The summed E-state index contributed by atoms with van der Waals surface area (Å²) in [7, 11) is 0. The van der Waals surface area contributed by atoms with Gasteiger partial charge in [-0.3, -0.25) is 0 Å². The first kappa shape index (κ1) is 12.7. The Morgan fingerprint density at radius 3 is 2.33 bits per heavy atom. The molecule has 0 fully saturated rings. The Bertz CT molecular complexity index is 615. The number of hydrogen-bond acceptors (Lipinski definition) is 2. The largest absolute Gasteiger partial charge is 0.244 e. The summed E-state index contributed by atoms with van der Waals surface area (Å²) in [5, 5.41) is 8.73. The van der Waals surface area contributed by atoms with E-state index in [1.807, 2.05) is 6.07 Å². The molecule has 90 valence electrons. The lowest BCUT2D eigenvalue weighted by Crippen LogP contribution is -1.94. The lowest BCUT2D eigenvalue weighted by atomic mass is 10.1. The van der Waals surface area contributed by atoms with Crippen molar-refractivity contribution in [2.75, 3.05) is 0 Å². The average Bonchev–Trinajstić information content (AvgIpc) is 2.27. The normalized spacial score (nSPS) is 10.1. The molecule has 2 aromatic rings. The number of aromatic nitrogens is 1. The van der Waals surface area contributed by atoms with E-state index in [4.69, 9.17) is 5.26 Å². The number of halogens is 3. The maximum absolute atomic E-state index is 13.0. The Kier molecular flexibility index (Phi) is 3.68. The molecule has 0 N–H and O–H groups in total. The summed E-state index contributed by atoms with van der Waals surface area (Å²) in [4.78, 5) is 3.94. The van der Waals surface area contributed by atoms with E-state index in [0.29, 0.717) is 16.5 Å². The number of nitrogens with zero attached hydrogens (tertiary/aromatic N) is 2. The lowest BCUT2D eigenvalue weighted by Gasteiger charge is -2.04. The Balaban J connectivity index is 2.29. The molecule has 0 spiro atoms. The minimum absolute atomic E-state index is 0.282. The van der Waals surface area contributed by atoms with Gasteiger partial charge >= 0.3 is 0 Å². The molecule has 5 heteroatoms. The minimum atomic E-state index is -0.606. The predicted octanol–water partition coefficient (Wildman–Crippen LogP) is 3.58. The van der Waals surface area contributed by atoms with Crippen molar-refractivity contribution in [3.8, 4) is 6.07 Å². The number of nitriles is 1. The molecule has 1 aromatic heterocycles. The molecule has 0 saturated carbocycles. The van der Waals surface area contributed by atoms with Crippen LogP contribution < -0.4 is 0 Å². The van der Waals surface area contributed by atoms with Gasteiger partial charge in [-0.15, -0.1) is 0 Å². The second-order valence-electron chi connectivity index (χ2n) is 3.74. The van der Waals surface area contributed by atoms with Gasteiger partial charge in [-0.05, 0) is 51.7 Å². The van der Waals surface area contributed by atoms with Gasteiger partial charge in [-0.25, -0.2) is 13.8 Å². The minimum Gasteiger partial charge on any atom is -0.244 e. The third-order valence-electron chi connectivity index (χ3n) is 2.33. The molecule has 0 radical (unpaired) electrons. The highest BCUT2D eigenvalue weighted by molar-refractivity contribution is 9.10. The van der Waals surface area contributed by atoms with Gasteiger partial charge in [-0.1, -0.05) is 0 Å². The van der Waals surface area contributed by atoms with Crippen LogP contribution in [0.1, 0.15) is 16.8 Å². The zero-order chi connectivity index (χ0) is 13.1. The Morgan fingerprint density at radius 1 is 1.11 bits per heavy atom. The molecular weight excluding hydrogens is 302 g/mol. The van der Waals surface area contributed by atoms with E-state index in [2.05, 4.69) is 20.9 Å². The van der Waals surface area contributed by atoms with E-state index < -0.39 is 11.6 Å². The van der Waals surface area contributed by atoms with Crippen LogP contribution in [0.15, 0.2) is 34.9 Å². The van der Waals surface area contributed by atoms with Gasteiger partial charge < -0.3 is 0 Å². The first-order valence-corrected chi connectivity index (χ1v) is 5.87. The van der Waals surface area contributed by atoms with Crippen molar-refractivity contribution in [3.05, 3.63) is 63.4 Å². The SMILES string of the molecule is N#Cc1ncc(Cc2cc(F)cc(F)c2)cc1Br. The van der Waals surface area contributed by atoms with Crippen LogP contribution in [0.25, 0.3) is 0 Å². The highest BCUT2D eigenvalue weighted by Crippen LogP contribution is 2.18. The molecule has 0 bridgehead atoms. The zero-order valence-corrected chi connectivity index (χ0v) is 10.7. The number of pyridine rings is 1. The van der Waals surface area contributed by atoms with E-state index in [0.717, 1.165) is 11.6 Å². The molecule has 0 unspecified atom stereocenters. The highest BCUT2D eigenvalue weighted by atomic mass is 79.9. The summed E-state index contributed by atoms with van der Waals surface area (Å²) in [6.45, 7) is 0. The van der Waals surface area contributed by atoms with E-state index in [1.54, 1.807) is 6.07 Å². The first-order valence-electron chi connectivity index (χ1n) is 5.08. The number of benzene rings is 1. The quantitative estimate of drug-likeness (QED) is 0.850. The second-order valence-corrected chi connectivity index (χ2v) is 4.59. The van der Waals surface area contributed by atoms with Crippen molar-refractivity contribution < 1.29 is 8.78 Å². The van der Waals surface area contributed by atoms with Crippen LogP contribution in [0.2, 0.25) is 0 Å². The standard InChI is InChI=1S/C13H7BrF2N2/c14-12-4-9(7-18-13(12)6-17)1-8-2-10(15)5-11(16)3-8/h2-5,7H,1H2. The predicted molar refractivity (Wildman–Crippen MR) is 65.8 cm³/mol. The Hall–Kier alpha value is -1.80. The van der Waals surface area contributed by atoms with Crippen molar-refractivity contribution >= 4 is 15.9 Å². The summed E-state index contributed by atoms with van der Waals surface area (Å²) < 4.78 is 26.6. The van der Waals surface area contributed by atoms with Crippen LogP contribution in [0.5, 0.6) is 0 Å². The van der Waals surface area contributed by atoms with Gasteiger partial charge in [-0.2, -0.15) is 5.26 Å². The van der Waals surface area contributed by atoms with Crippen molar-refractivity contribution in [1.82, 2.24) is 4.98 Å². The molecule has 0 aliphatic heterocycles. The van der Waals surface area contributed by atoms with Gasteiger partial charge in [0.2, 0.25) is 0 Å². The average molecular weight is 309 g/mol. The molecule has 0 aliphatic rings. The van der Waals surface area contributed by atoms with Gasteiger partial charge in [0.15, 0.2) is 5.69 Å². The fourth-order valence-corrected chi connectivity index (χ4v) is 2.09. The topological polar surface area (TPSA) is 36.7 Å². The summed E-state index contributed by atoms with van der Waals surface area (Å²) in [5.41, 5.74) is 1.57. The summed E-state index contributed by atoms with van der Waals surface area (Å²) in [5.74, 6) is -1.21. The number of hydrogen-bond donors (Lipinski definition) is 0. The third-order valence-corrected chi connectivity index (χ3v) is 2.94. The Morgan fingerprint density at radius 2 is 1.78 bits per heavy atom. The van der Waals surface area contributed by atoms with E-state index in [1.165, 1.54) is 18.3 Å². The smallest absolute Gasteiger partial charge is 0.154 e. The van der Waals surface area contributed by atoms with Crippen molar-refractivity contribution in [1.29, 1.82) is 5.26 Å². The molecule has 2 rings (SSSR count). The molecule has 0 atom stereocenters. The van der Waals surface area contributed by atoms with Gasteiger partial charge in [0.05, 0.1) is 4.47 Å². The summed E-state index contributed by atoms with van der Waals surface area (Å²) in [6, 6.07) is 7.02. The van der Waals surface area contributed by atoms with E-state index in [9.17, 15) is 8.78 Å². The van der Waals surface area contributed by atoms with E-state index in [-0.39, 0.29) is 5.69 Å². The molecule has 2 nitrogen and oxygen atoms in total. The van der Waals surface area contributed by atoms with Crippen LogP contribution in [-0.2, 0) is 6.42 Å². The van der Waals surface area contributed by atoms with Crippen molar-refractivity contribution in [2.45, 2.75) is 6.42 Å². The second kappa shape index (κ2) is 5.23. The Labute approximate surface area is 111 Å². The summed E-state index contributed by atoms with van der Waals surface area (Å²) >= 11 is 3.22. The van der Waals surface area contributed by atoms with Gasteiger partial charge in [0, 0.05) is 12.3 Å².